The summed E-state index contributed by atoms with van der Waals surface area (Å²) < 4.78 is 5.26. The van der Waals surface area contributed by atoms with Gasteiger partial charge in [-0.1, -0.05) is 19.4 Å². The molecule has 1 rings (SSSR count). The van der Waals surface area contributed by atoms with Crippen LogP contribution in [0.1, 0.15) is 39.3 Å². The van der Waals surface area contributed by atoms with Gasteiger partial charge in [-0.2, -0.15) is 0 Å². The fraction of sp³-hybridized carbons (Fsp3) is 0.533. The maximum absolute atomic E-state index is 11.8. The van der Waals surface area contributed by atoms with Gasteiger partial charge in [0.15, 0.2) is 0 Å². The molecular formula is C15H22N2O4. The number of carboxylic acid groups (broad SMARTS) is 1. The van der Waals surface area contributed by atoms with Gasteiger partial charge in [0.05, 0.1) is 0 Å². The summed E-state index contributed by atoms with van der Waals surface area (Å²) in [6.45, 7) is 5.58. The van der Waals surface area contributed by atoms with Crippen molar-refractivity contribution in [2.75, 3.05) is 0 Å². The van der Waals surface area contributed by atoms with Crippen LogP contribution in [0.15, 0.2) is 24.4 Å². The van der Waals surface area contributed by atoms with Crippen molar-refractivity contribution in [3.63, 3.8) is 0 Å². The van der Waals surface area contributed by atoms with Crippen molar-refractivity contribution in [3.8, 4) is 0 Å². The van der Waals surface area contributed by atoms with Crippen LogP contribution in [0.2, 0.25) is 0 Å². The van der Waals surface area contributed by atoms with Crippen LogP contribution in [0.25, 0.3) is 0 Å². The molecule has 0 aromatic carbocycles. The molecule has 0 radical (unpaired) electrons. The molecular weight excluding hydrogens is 272 g/mol. The van der Waals surface area contributed by atoms with Crippen molar-refractivity contribution in [1.82, 2.24) is 10.3 Å². The van der Waals surface area contributed by atoms with E-state index in [9.17, 15) is 14.7 Å². The molecule has 0 fully saturated rings. The zero-order chi connectivity index (χ0) is 15.9. The van der Waals surface area contributed by atoms with Gasteiger partial charge in [-0.25, -0.2) is 9.59 Å². The molecule has 0 saturated heterocycles. The van der Waals surface area contributed by atoms with E-state index in [1.165, 1.54) is 0 Å². The van der Waals surface area contributed by atoms with Crippen LogP contribution >= 0.6 is 0 Å². The molecule has 6 nitrogen and oxygen atoms in total. The zero-order valence-electron chi connectivity index (χ0n) is 12.6. The van der Waals surface area contributed by atoms with Gasteiger partial charge in [0.1, 0.15) is 11.6 Å². The fourth-order valence-corrected chi connectivity index (χ4v) is 2.00. The number of aromatic nitrogens is 1. The van der Waals surface area contributed by atoms with E-state index < -0.39 is 23.7 Å². The molecule has 0 spiro atoms. The van der Waals surface area contributed by atoms with E-state index in [2.05, 4.69) is 10.3 Å². The number of amides is 1. The number of nitrogens with one attached hydrogen (secondary N) is 1. The van der Waals surface area contributed by atoms with Gasteiger partial charge in [0, 0.05) is 18.3 Å². The highest BCUT2D eigenvalue weighted by Crippen LogP contribution is 2.16. The summed E-state index contributed by atoms with van der Waals surface area (Å²) >= 11 is 0. The largest absolute Gasteiger partial charge is 0.480 e. The van der Waals surface area contributed by atoms with Crippen molar-refractivity contribution in [2.45, 2.75) is 51.7 Å². The first-order valence-electron chi connectivity index (χ1n) is 6.96. The van der Waals surface area contributed by atoms with Gasteiger partial charge in [0.25, 0.3) is 0 Å². The van der Waals surface area contributed by atoms with Crippen LogP contribution in [0, 0.1) is 0 Å². The maximum Gasteiger partial charge on any atom is 0.408 e. The Hall–Kier alpha value is -2.11. The number of carbonyl (C=O) groups excluding carboxylic acids is 1. The molecule has 1 aromatic heterocycles. The lowest BCUT2D eigenvalue weighted by Gasteiger charge is -2.25. The summed E-state index contributed by atoms with van der Waals surface area (Å²) in [6.07, 6.45) is 2.54. The van der Waals surface area contributed by atoms with Crippen LogP contribution in [0.4, 0.5) is 4.79 Å². The second kappa shape index (κ2) is 7.61. The SMILES string of the molecule is CCCC(C)(C)OC(=O)N[C@@H](Cc1ccccn1)C(=O)O. The minimum atomic E-state index is -1.12. The zero-order valence-corrected chi connectivity index (χ0v) is 12.6. The Balaban J connectivity index is 2.62. The molecule has 0 aliphatic carbocycles. The number of rotatable bonds is 7. The van der Waals surface area contributed by atoms with E-state index in [-0.39, 0.29) is 6.42 Å². The number of hydrogen-bond acceptors (Lipinski definition) is 4. The number of carboxylic acids is 1. The number of alkyl carbamates (subject to hydrolysis) is 1. The van der Waals surface area contributed by atoms with E-state index in [0.29, 0.717) is 12.1 Å². The van der Waals surface area contributed by atoms with Crippen LogP contribution < -0.4 is 5.32 Å². The first kappa shape index (κ1) is 16.9. The normalized spacial score (nSPS) is 12.5. The van der Waals surface area contributed by atoms with Crippen LogP contribution in [0.5, 0.6) is 0 Å². The number of nitrogens with zero attached hydrogens (tertiary/aromatic N) is 1. The fourth-order valence-electron chi connectivity index (χ4n) is 2.00. The van der Waals surface area contributed by atoms with Gasteiger partial charge in [-0.15, -0.1) is 0 Å². The Morgan fingerprint density at radius 3 is 2.67 bits per heavy atom. The highest BCUT2D eigenvalue weighted by atomic mass is 16.6. The van der Waals surface area contributed by atoms with Gasteiger partial charge in [-0.05, 0) is 32.4 Å². The average Bonchev–Trinajstić information content (AvgIpc) is 2.38. The number of aliphatic carboxylic acids is 1. The highest BCUT2D eigenvalue weighted by molar-refractivity contribution is 5.80. The van der Waals surface area contributed by atoms with Crippen molar-refractivity contribution in [2.24, 2.45) is 0 Å². The third kappa shape index (κ3) is 6.25. The molecule has 2 N–H and O–H groups in total. The highest BCUT2D eigenvalue weighted by Gasteiger charge is 2.26. The standard InChI is InChI=1S/C15H22N2O4/c1-4-8-15(2,3)21-14(20)17-12(13(18)19)10-11-7-5-6-9-16-11/h5-7,9,12H,4,8,10H2,1-3H3,(H,17,20)(H,18,19)/t12-/m0/s1. The monoisotopic (exact) mass is 294 g/mol. The molecule has 1 aromatic rings. The molecule has 1 atom stereocenters. The molecule has 0 aliphatic heterocycles. The summed E-state index contributed by atoms with van der Waals surface area (Å²) in [4.78, 5) is 27.1. The maximum atomic E-state index is 11.8. The molecule has 6 heteroatoms. The predicted molar refractivity (Wildman–Crippen MR) is 78.0 cm³/mol. The van der Waals surface area contributed by atoms with Gasteiger partial charge < -0.3 is 15.2 Å². The Labute approximate surface area is 124 Å². The molecule has 1 heterocycles. The number of ether oxygens (including phenoxy) is 1. The van der Waals surface area contributed by atoms with Gasteiger partial charge >= 0.3 is 12.1 Å². The van der Waals surface area contributed by atoms with Crippen molar-refractivity contribution in [3.05, 3.63) is 30.1 Å². The number of pyridine rings is 1. The summed E-state index contributed by atoms with van der Waals surface area (Å²) in [7, 11) is 0. The molecule has 21 heavy (non-hydrogen) atoms. The Morgan fingerprint density at radius 1 is 1.43 bits per heavy atom. The van der Waals surface area contributed by atoms with Crippen LogP contribution in [0.3, 0.4) is 0 Å². The molecule has 116 valence electrons. The van der Waals surface area contributed by atoms with Crippen LogP contribution in [-0.4, -0.2) is 33.8 Å². The van der Waals surface area contributed by atoms with E-state index in [4.69, 9.17) is 4.74 Å². The van der Waals surface area contributed by atoms with E-state index in [1.54, 1.807) is 38.2 Å². The van der Waals surface area contributed by atoms with E-state index in [1.807, 2.05) is 6.92 Å². The molecule has 0 unspecified atom stereocenters. The Bertz CT molecular complexity index is 474. The lowest BCUT2D eigenvalue weighted by molar-refractivity contribution is -0.139. The third-order valence-electron chi connectivity index (χ3n) is 2.95. The quantitative estimate of drug-likeness (QED) is 0.806. The smallest absolute Gasteiger partial charge is 0.408 e. The van der Waals surface area contributed by atoms with E-state index >= 15 is 0 Å². The second-order valence-electron chi connectivity index (χ2n) is 5.46. The molecule has 1 amide bonds. The van der Waals surface area contributed by atoms with Crippen molar-refractivity contribution >= 4 is 12.1 Å². The van der Waals surface area contributed by atoms with Crippen molar-refractivity contribution in [1.29, 1.82) is 0 Å². The molecule has 0 saturated carbocycles. The predicted octanol–water partition coefficient (Wildman–Crippen LogP) is 2.38. The first-order valence-corrected chi connectivity index (χ1v) is 6.96. The Morgan fingerprint density at radius 2 is 2.14 bits per heavy atom. The summed E-state index contributed by atoms with van der Waals surface area (Å²) in [5.74, 6) is -1.12. The first-order chi connectivity index (χ1) is 9.84. The summed E-state index contributed by atoms with van der Waals surface area (Å²) in [6, 6.07) is 4.16. The Kier molecular flexibility index (Phi) is 6.14. The number of carbonyl (C=O) groups is 2. The summed E-state index contributed by atoms with van der Waals surface area (Å²) in [5.41, 5.74) is -0.0228. The lowest BCUT2D eigenvalue weighted by Crippen LogP contribution is -2.45. The van der Waals surface area contributed by atoms with Gasteiger partial charge in [0.2, 0.25) is 0 Å². The summed E-state index contributed by atoms with van der Waals surface area (Å²) in [5, 5.41) is 11.6. The number of hydrogen-bond donors (Lipinski definition) is 2. The van der Waals surface area contributed by atoms with E-state index in [0.717, 1.165) is 6.42 Å². The lowest BCUT2D eigenvalue weighted by atomic mass is 10.0. The average molecular weight is 294 g/mol. The topological polar surface area (TPSA) is 88.5 Å². The second-order valence-corrected chi connectivity index (χ2v) is 5.46. The van der Waals surface area contributed by atoms with Crippen LogP contribution in [-0.2, 0) is 16.0 Å². The van der Waals surface area contributed by atoms with Crippen molar-refractivity contribution < 1.29 is 19.4 Å². The molecule has 0 bridgehead atoms. The third-order valence-corrected chi connectivity index (χ3v) is 2.95. The molecule has 0 aliphatic rings. The van der Waals surface area contributed by atoms with Gasteiger partial charge in [-0.3, -0.25) is 4.98 Å². The minimum Gasteiger partial charge on any atom is -0.480 e. The minimum absolute atomic E-state index is 0.111.